The second kappa shape index (κ2) is 7.68. The molecule has 1 saturated heterocycles. The minimum atomic E-state index is -1.14. The summed E-state index contributed by atoms with van der Waals surface area (Å²) in [5.74, 6) is -1.53. The normalized spacial score (nSPS) is 20.0. The quantitative estimate of drug-likeness (QED) is 0.437. The van der Waals surface area contributed by atoms with Gasteiger partial charge in [-0.05, 0) is 51.2 Å². The van der Waals surface area contributed by atoms with E-state index in [0.29, 0.717) is 17.8 Å². The number of esters is 1. The largest absolute Gasteiger partial charge is 0.462 e. The van der Waals surface area contributed by atoms with Gasteiger partial charge in [0, 0.05) is 11.4 Å². The van der Waals surface area contributed by atoms with E-state index in [0.717, 1.165) is 28.9 Å². The Balaban J connectivity index is 1.65. The summed E-state index contributed by atoms with van der Waals surface area (Å²) in [6, 6.07) is 6.97. The molecular formula is C23H25N3O5. The number of amides is 3. The van der Waals surface area contributed by atoms with E-state index in [9.17, 15) is 19.2 Å². The van der Waals surface area contributed by atoms with Crippen molar-refractivity contribution in [2.24, 2.45) is 0 Å². The van der Waals surface area contributed by atoms with Gasteiger partial charge in [0.15, 0.2) is 5.78 Å². The Hall–Kier alpha value is -3.42. The Morgan fingerprint density at radius 3 is 2.58 bits per heavy atom. The maximum atomic E-state index is 13.4. The van der Waals surface area contributed by atoms with Crippen molar-refractivity contribution < 1.29 is 23.9 Å². The number of benzene rings is 1. The molecule has 1 fully saturated rings. The SMILES string of the molecule is CCOC(=O)c1c(C)[nH]c(C)c1C(=O)CN1C(=O)N[C@]2(CCCc3ccccc32)C1=O. The first kappa shape index (κ1) is 20.8. The zero-order valence-electron chi connectivity index (χ0n) is 17.8. The van der Waals surface area contributed by atoms with Gasteiger partial charge in [0.05, 0.1) is 24.3 Å². The van der Waals surface area contributed by atoms with E-state index >= 15 is 0 Å². The summed E-state index contributed by atoms with van der Waals surface area (Å²) in [6.07, 6.45) is 2.08. The number of rotatable bonds is 5. The lowest BCUT2D eigenvalue weighted by Gasteiger charge is -2.33. The topological polar surface area (TPSA) is 109 Å². The Bertz CT molecular complexity index is 1100. The lowest BCUT2D eigenvalue weighted by molar-refractivity contribution is -0.131. The first-order valence-electron chi connectivity index (χ1n) is 10.4. The van der Waals surface area contributed by atoms with Crippen LogP contribution in [0.15, 0.2) is 24.3 Å². The van der Waals surface area contributed by atoms with Crippen molar-refractivity contribution in [1.82, 2.24) is 15.2 Å². The predicted molar refractivity (Wildman–Crippen MR) is 112 cm³/mol. The van der Waals surface area contributed by atoms with Crippen molar-refractivity contribution in [2.45, 2.75) is 45.6 Å². The highest BCUT2D eigenvalue weighted by molar-refractivity contribution is 6.14. The number of H-pyrrole nitrogens is 1. The summed E-state index contributed by atoms with van der Waals surface area (Å²) in [4.78, 5) is 55.7. The van der Waals surface area contributed by atoms with E-state index in [2.05, 4.69) is 10.3 Å². The molecule has 1 atom stereocenters. The van der Waals surface area contributed by atoms with Crippen LogP contribution in [0.25, 0.3) is 0 Å². The lowest BCUT2D eigenvalue weighted by Crippen LogP contribution is -2.46. The molecule has 2 aromatic rings. The van der Waals surface area contributed by atoms with Gasteiger partial charge in [-0.3, -0.25) is 14.5 Å². The molecule has 0 saturated carbocycles. The maximum absolute atomic E-state index is 13.4. The molecule has 8 nitrogen and oxygen atoms in total. The number of carbonyl (C=O) groups is 4. The summed E-state index contributed by atoms with van der Waals surface area (Å²) in [6.45, 7) is 4.76. The number of hydrogen-bond donors (Lipinski definition) is 2. The number of ketones is 1. The molecule has 3 amide bonds. The number of fused-ring (bicyclic) bond motifs is 2. The van der Waals surface area contributed by atoms with Crippen LogP contribution in [0.4, 0.5) is 4.79 Å². The molecule has 0 unspecified atom stereocenters. The smallest absolute Gasteiger partial charge is 0.340 e. The van der Waals surface area contributed by atoms with E-state index in [1.807, 2.05) is 24.3 Å². The zero-order chi connectivity index (χ0) is 22.3. The number of aromatic nitrogens is 1. The van der Waals surface area contributed by atoms with Crippen LogP contribution in [0, 0.1) is 13.8 Å². The summed E-state index contributed by atoms with van der Waals surface area (Å²) < 4.78 is 5.08. The highest BCUT2D eigenvalue weighted by Gasteiger charge is 2.54. The number of hydrogen-bond acceptors (Lipinski definition) is 5. The van der Waals surface area contributed by atoms with E-state index in [1.165, 1.54) is 0 Å². The number of urea groups is 1. The molecule has 1 aromatic heterocycles. The van der Waals surface area contributed by atoms with Crippen LogP contribution in [0.5, 0.6) is 0 Å². The van der Waals surface area contributed by atoms with E-state index in [4.69, 9.17) is 4.74 Å². The van der Waals surface area contributed by atoms with Crippen LogP contribution in [0.1, 0.15) is 63.0 Å². The van der Waals surface area contributed by atoms with Crippen molar-refractivity contribution in [1.29, 1.82) is 0 Å². The number of carbonyl (C=O) groups excluding carboxylic acids is 4. The summed E-state index contributed by atoms with van der Waals surface area (Å²) in [5.41, 5.74) is 1.98. The molecule has 31 heavy (non-hydrogen) atoms. The molecule has 1 aliphatic heterocycles. The second-order valence-corrected chi connectivity index (χ2v) is 8.01. The Morgan fingerprint density at radius 2 is 1.84 bits per heavy atom. The van der Waals surface area contributed by atoms with Gasteiger partial charge in [0.1, 0.15) is 5.54 Å². The molecule has 2 heterocycles. The van der Waals surface area contributed by atoms with Gasteiger partial charge in [-0.1, -0.05) is 24.3 Å². The van der Waals surface area contributed by atoms with Gasteiger partial charge >= 0.3 is 12.0 Å². The fraction of sp³-hybridized carbons (Fsp3) is 0.391. The number of ether oxygens (including phenoxy) is 1. The second-order valence-electron chi connectivity index (χ2n) is 8.01. The van der Waals surface area contributed by atoms with E-state index in [1.54, 1.807) is 20.8 Å². The van der Waals surface area contributed by atoms with Crippen LogP contribution < -0.4 is 5.32 Å². The molecule has 8 heteroatoms. The highest BCUT2D eigenvalue weighted by atomic mass is 16.5. The standard InChI is InChI=1S/C23H25N3O5/c1-4-31-20(28)19-14(3)24-13(2)18(19)17(27)12-26-21(29)23(25-22(26)30)11-7-9-15-8-5-6-10-16(15)23/h5-6,8,10,24H,4,7,9,11-12H2,1-3H3,(H,25,30)/t23-/m0/s1. The van der Waals surface area contributed by atoms with Crippen molar-refractivity contribution in [2.75, 3.05) is 13.2 Å². The minimum absolute atomic E-state index is 0.147. The highest BCUT2D eigenvalue weighted by Crippen LogP contribution is 2.40. The Kier molecular flexibility index (Phi) is 5.16. The van der Waals surface area contributed by atoms with Crippen molar-refractivity contribution >= 4 is 23.7 Å². The molecule has 1 spiro atoms. The Morgan fingerprint density at radius 1 is 1.13 bits per heavy atom. The van der Waals surface area contributed by atoms with Crippen molar-refractivity contribution in [3.05, 3.63) is 57.9 Å². The first-order valence-corrected chi connectivity index (χ1v) is 10.4. The molecule has 1 aliphatic carbocycles. The van der Waals surface area contributed by atoms with Crippen LogP contribution >= 0.6 is 0 Å². The van der Waals surface area contributed by atoms with Crippen LogP contribution in [0.3, 0.4) is 0 Å². The third-order valence-electron chi connectivity index (χ3n) is 6.09. The van der Waals surface area contributed by atoms with Gasteiger partial charge in [0.2, 0.25) is 0 Å². The van der Waals surface area contributed by atoms with Gasteiger partial charge in [0.25, 0.3) is 5.91 Å². The third-order valence-corrected chi connectivity index (χ3v) is 6.09. The maximum Gasteiger partial charge on any atom is 0.340 e. The monoisotopic (exact) mass is 423 g/mol. The number of nitrogens with one attached hydrogen (secondary N) is 2. The zero-order valence-corrected chi connectivity index (χ0v) is 17.8. The van der Waals surface area contributed by atoms with Gasteiger partial charge in [-0.15, -0.1) is 0 Å². The third kappa shape index (κ3) is 3.22. The van der Waals surface area contributed by atoms with Crippen LogP contribution in [0.2, 0.25) is 0 Å². The van der Waals surface area contributed by atoms with Gasteiger partial charge in [-0.2, -0.15) is 0 Å². The van der Waals surface area contributed by atoms with Gasteiger partial charge < -0.3 is 15.0 Å². The molecule has 0 radical (unpaired) electrons. The fourth-order valence-electron chi connectivity index (χ4n) is 4.77. The summed E-state index contributed by atoms with van der Waals surface area (Å²) in [5, 5.41) is 2.85. The first-order chi connectivity index (χ1) is 14.8. The minimum Gasteiger partial charge on any atom is -0.462 e. The van der Waals surface area contributed by atoms with E-state index < -0.39 is 35.8 Å². The molecule has 2 N–H and O–H groups in total. The van der Waals surface area contributed by atoms with Crippen molar-refractivity contribution in [3.8, 4) is 0 Å². The van der Waals surface area contributed by atoms with Crippen molar-refractivity contribution in [3.63, 3.8) is 0 Å². The number of aryl methyl sites for hydroxylation is 3. The molecule has 0 bridgehead atoms. The van der Waals surface area contributed by atoms with Gasteiger partial charge in [-0.25, -0.2) is 9.59 Å². The average Bonchev–Trinajstić information content (AvgIpc) is 3.16. The summed E-state index contributed by atoms with van der Waals surface area (Å²) in [7, 11) is 0. The fourth-order valence-corrected chi connectivity index (χ4v) is 4.77. The Labute approximate surface area is 179 Å². The van der Waals surface area contributed by atoms with Crippen LogP contribution in [-0.2, 0) is 21.5 Å². The summed E-state index contributed by atoms with van der Waals surface area (Å²) >= 11 is 0. The number of nitrogens with zero attached hydrogens (tertiary/aromatic N) is 1. The molecule has 162 valence electrons. The van der Waals surface area contributed by atoms with Crippen LogP contribution in [-0.4, -0.2) is 46.7 Å². The molecule has 1 aromatic carbocycles. The molecule has 4 rings (SSSR count). The number of imide groups is 1. The molecular weight excluding hydrogens is 398 g/mol. The lowest BCUT2D eigenvalue weighted by atomic mass is 9.76. The predicted octanol–water partition coefficient (Wildman–Crippen LogP) is 2.77. The molecule has 2 aliphatic rings. The average molecular weight is 423 g/mol. The number of Topliss-reactive ketones (excluding diaryl/α,β-unsaturated/α-hetero) is 1. The van der Waals surface area contributed by atoms with E-state index in [-0.39, 0.29) is 17.7 Å². The number of aromatic amines is 1.